The first-order valence-corrected chi connectivity index (χ1v) is 6.64. The fraction of sp³-hybridized carbons (Fsp3) is 0.600. The van der Waals surface area contributed by atoms with Gasteiger partial charge in [0.15, 0.2) is 0 Å². The molecule has 1 aromatic rings. The van der Waals surface area contributed by atoms with Gasteiger partial charge in [0.1, 0.15) is 0 Å². The molecule has 1 saturated heterocycles. The van der Waals surface area contributed by atoms with Crippen LogP contribution < -0.4 is 0 Å². The Morgan fingerprint density at radius 2 is 1.72 bits per heavy atom. The Bertz CT molecular complexity index is 411. The number of hydrogen-bond donors (Lipinski definition) is 1. The highest BCUT2D eigenvalue weighted by atomic mass is 16.5. The minimum absolute atomic E-state index is 0.105. The molecule has 0 spiro atoms. The number of ether oxygens (including phenoxy) is 1. The van der Waals surface area contributed by atoms with E-state index in [1.54, 1.807) is 0 Å². The quantitative estimate of drug-likeness (QED) is 0.889. The largest absolute Gasteiger partial charge is 0.394 e. The van der Waals surface area contributed by atoms with Crippen LogP contribution in [0.2, 0.25) is 0 Å². The molecule has 0 aliphatic carbocycles. The second-order valence-corrected chi connectivity index (χ2v) is 5.14. The number of rotatable bonds is 3. The normalized spacial score (nSPS) is 18.9. The van der Waals surface area contributed by atoms with E-state index in [9.17, 15) is 5.11 Å². The van der Waals surface area contributed by atoms with Gasteiger partial charge in [-0.05, 0) is 43.0 Å². The van der Waals surface area contributed by atoms with Gasteiger partial charge >= 0.3 is 0 Å². The summed E-state index contributed by atoms with van der Waals surface area (Å²) < 4.78 is 5.38. The molecule has 18 heavy (non-hydrogen) atoms. The molecular formula is C15H23NO2. The van der Waals surface area contributed by atoms with Crippen LogP contribution in [0.4, 0.5) is 0 Å². The van der Waals surface area contributed by atoms with Crippen molar-refractivity contribution in [1.82, 2.24) is 4.90 Å². The summed E-state index contributed by atoms with van der Waals surface area (Å²) in [5.74, 6) is 0. The zero-order chi connectivity index (χ0) is 13.1. The van der Waals surface area contributed by atoms with E-state index in [4.69, 9.17) is 4.74 Å². The van der Waals surface area contributed by atoms with Gasteiger partial charge in [0.05, 0.1) is 25.9 Å². The Labute approximate surface area is 109 Å². The second kappa shape index (κ2) is 5.83. The van der Waals surface area contributed by atoms with Gasteiger partial charge in [0.2, 0.25) is 0 Å². The molecule has 1 aliphatic heterocycles. The molecule has 0 radical (unpaired) electrons. The molecule has 1 atom stereocenters. The Kier molecular flexibility index (Phi) is 4.38. The second-order valence-electron chi connectivity index (χ2n) is 5.14. The summed E-state index contributed by atoms with van der Waals surface area (Å²) >= 11 is 0. The molecular weight excluding hydrogens is 226 g/mol. The minimum atomic E-state index is 0.105. The molecule has 1 heterocycles. The topological polar surface area (TPSA) is 32.7 Å². The van der Waals surface area contributed by atoms with Gasteiger partial charge in [-0.1, -0.05) is 12.1 Å². The molecule has 1 aromatic carbocycles. The van der Waals surface area contributed by atoms with E-state index in [1.165, 1.54) is 22.3 Å². The maximum atomic E-state index is 9.73. The number of aryl methyl sites for hydroxylation is 3. The van der Waals surface area contributed by atoms with Crippen molar-refractivity contribution in [2.24, 2.45) is 0 Å². The summed E-state index contributed by atoms with van der Waals surface area (Å²) in [5.41, 5.74) is 5.13. The summed E-state index contributed by atoms with van der Waals surface area (Å²) in [6.45, 7) is 9.89. The van der Waals surface area contributed by atoms with Crippen molar-refractivity contribution >= 4 is 0 Å². The molecule has 1 unspecified atom stereocenters. The molecule has 3 nitrogen and oxygen atoms in total. The fourth-order valence-electron chi connectivity index (χ4n) is 2.64. The summed E-state index contributed by atoms with van der Waals surface area (Å²) in [4.78, 5) is 2.32. The monoisotopic (exact) mass is 249 g/mol. The first kappa shape index (κ1) is 13.5. The van der Waals surface area contributed by atoms with E-state index < -0.39 is 0 Å². The number of aliphatic hydroxyl groups is 1. The molecule has 2 rings (SSSR count). The van der Waals surface area contributed by atoms with Crippen LogP contribution in [0.15, 0.2) is 12.1 Å². The number of nitrogens with zero attached hydrogens (tertiary/aromatic N) is 1. The van der Waals surface area contributed by atoms with Crippen molar-refractivity contribution < 1.29 is 9.84 Å². The zero-order valence-corrected chi connectivity index (χ0v) is 11.6. The van der Waals surface area contributed by atoms with E-state index in [0.717, 1.165) is 26.3 Å². The average molecular weight is 249 g/mol. The summed E-state index contributed by atoms with van der Waals surface area (Å²) in [5, 5.41) is 9.73. The molecule has 0 saturated carbocycles. The molecule has 0 aromatic heterocycles. The zero-order valence-electron chi connectivity index (χ0n) is 11.6. The van der Waals surface area contributed by atoms with Crippen molar-refractivity contribution in [2.45, 2.75) is 26.8 Å². The Balaban J connectivity index is 2.28. The van der Waals surface area contributed by atoms with Gasteiger partial charge in [-0.25, -0.2) is 0 Å². The van der Waals surface area contributed by atoms with Crippen LogP contribution in [0.25, 0.3) is 0 Å². The van der Waals surface area contributed by atoms with Crippen LogP contribution >= 0.6 is 0 Å². The van der Waals surface area contributed by atoms with E-state index in [0.29, 0.717) is 0 Å². The Morgan fingerprint density at radius 3 is 2.33 bits per heavy atom. The van der Waals surface area contributed by atoms with Gasteiger partial charge in [0, 0.05) is 13.1 Å². The predicted octanol–water partition coefficient (Wildman–Crippen LogP) is 1.98. The number of aliphatic hydroxyl groups excluding tert-OH is 1. The third-order valence-electron chi connectivity index (χ3n) is 3.90. The maximum Gasteiger partial charge on any atom is 0.0628 e. The number of hydrogen-bond acceptors (Lipinski definition) is 3. The van der Waals surface area contributed by atoms with Crippen molar-refractivity contribution in [1.29, 1.82) is 0 Å². The molecule has 100 valence electrons. The van der Waals surface area contributed by atoms with E-state index in [2.05, 4.69) is 37.8 Å². The highest BCUT2D eigenvalue weighted by molar-refractivity contribution is 5.38. The van der Waals surface area contributed by atoms with Gasteiger partial charge in [-0.15, -0.1) is 0 Å². The highest BCUT2D eigenvalue weighted by Gasteiger charge is 2.23. The minimum Gasteiger partial charge on any atom is -0.394 e. The third-order valence-corrected chi connectivity index (χ3v) is 3.90. The molecule has 1 aliphatic rings. The van der Waals surface area contributed by atoms with Crippen molar-refractivity contribution in [3.8, 4) is 0 Å². The smallest absolute Gasteiger partial charge is 0.0628 e. The van der Waals surface area contributed by atoms with E-state index in [1.807, 2.05) is 0 Å². The van der Waals surface area contributed by atoms with Crippen LogP contribution in [0.1, 0.15) is 28.3 Å². The highest BCUT2D eigenvalue weighted by Crippen LogP contribution is 2.26. The molecule has 3 heteroatoms. The van der Waals surface area contributed by atoms with Crippen molar-refractivity contribution in [3.63, 3.8) is 0 Å². The first-order valence-electron chi connectivity index (χ1n) is 6.64. The average Bonchev–Trinajstić information content (AvgIpc) is 2.38. The molecule has 0 bridgehead atoms. The van der Waals surface area contributed by atoms with Crippen LogP contribution in [-0.4, -0.2) is 42.9 Å². The number of benzene rings is 1. The Morgan fingerprint density at radius 1 is 1.11 bits per heavy atom. The van der Waals surface area contributed by atoms with Crippen LogP contribution in [0.3, 0.4) is 0 Å². The standard InChI is InChI=1S/C15H23NO2/c1-11-8-13(3)14(9-12(11)2)15(10-17)16-4-6-18-7-5-16/h8-9,15,17H,4-7,10H2,1-3H3. The van der Waals surface area contributed by atoms with Crippen LogP contribution in [-0.2, 0) is 4.74 Å². The van der Waals surface area contributed by atoms with Gasteiger partial charge < -0.3 is 9.84 Å². The molecule has 0 amide bonds. The lowest BCUT2D eigenvalue weighted by molar-refractivity contribution is 0.00242. The van der Waals surface area contributed by atoms with Gasteiger partial charge in [-0.3, -0.25) is 4.90 Å². The lowest BCUT2D eigenvalue weighted by Crippen LogP contribution is -2.40. The summed E-state index contributed by atoms with van der Waals surface area (Å²) in [6, 6.07) is 4.54. The third kappa shape index (κ3) is 2.74. The number of morpholine rings is 1. The summed E-state index contributed by atoms with van der Waals surface area (Å²) in [6.07, 6.45) is 0. The first-order chi connectivity index (χ1) is 8.63. The van der Waals surface area contributed by atoms with Gasteiger partial charge in [0.25, 0.3) is 0 Å². The maximum absolute atomic E-state index is 9.73. The van der Waals surface area contributed by atoms with E-state index >= 15 is 0 Å². The lowest BCUT2D eigenvalue weighted by atomic mass is 9.95. The summed E-state index contributed by atoms with van der Waals surface area (Å²) in [7, 11) is 0. The predicted molar refractivity (Wildman–Crippen MR) is 72.9 cm³/mol. The van der Waals surface area contributed by atoms with Crippen LogP contribution in [0.5, 0.6) is 0 Å². The van der Waals surface area contributed by atoms with E-state index in [-0.39, 0.29) is 12.6 Å². The Hall–Kier alpha value is -0.900. The van der Waals surface area contributed by atoms with Crippen molar-refractivity contribution in [2.75, 3.05) is 32.9 Å². The SMILES string of the molecule is Cc1cc(C)c(C(CO)N2CCOCC2)cc1C. The fourth-order valence-corrected chi connectivity index (χ4v) is 2.64. The van der Waals surface area contributed by atoms with Crippen LogP contribution in [0, 0.1) is 20.8 Å². The van der Waals surface area contributed by atoms with Crippen molar-refractivity contribution in [3.05, 3.63) is 34.4 Å². The van der Waals surface area contributed by atoms with Gasteiger partial charge in [-0.2, -0.15) is 0 Å². The molecule has 1 fully saturated rings. The lowest BCUT2D eigenvalue weighted by Gasteiger charge is -2.34. The molecule has 1 N–H and O–H groups in total.